The van der Waals surface area contributed by atoms with Gasteiger partial charge in [-0.3, -0.25) is 0 Å². The molecule has 0 atom stereocenters. The van der Waals surface area contributed by atoms with Crippen LogP contribution < -0.4 is 5.32 Å². The molecule has 6 rings (SSSR count). The first-order chi connectivity index (χ1) is 11.7. The molecule has 4 heteroatoms. The first-order valence-electron chi connectivity index (χ1n) is 9.14. The summed E-state index contributed by atoms with van der Waals surface area (Å²) in [5, 5.41) is 8.04. The Balaban J connectivity index is 1.28. The summed E-state index contributed by atoms with van der Waals surface area (Å²) < 4.78 is 18.5. The van der Waals surface area contributed by atoms with Gasteiger partial charge in [-0.05, 0) is 80.5 Å². The van der Waals surface area contributed by atoms with E-state index in [-0.39, 0.29) is 5.82 Å². The Morgan fingerprint density at radius 1 is 1.04 bits per heavy atom. The number of halogens is 1. The smallest absolute Gasteiger partial charge is 0.167 e. The van der Waals surface area contributed by atoms with Gasteiger partial charge in [0.1, 0.15) is 5.82 Å². The minimum absolute atomic E-state index is 0.234. The summed E-state index contributed by atoms with van der Waals surface area (Å²) in [7, 11) is 0. The fourth-order valence-electron chi connectivity index (χ4n) is 5.75. The molecule has 4 bridgehead atoms. The van der Waals surface area contributed by atoms with Crippen molar-refractivity contribution in [2.75, 3.05) is 0 Å². The van der Waals surface area contributed by atoms with Crippen LogP contribution in [0.4, 0.5) is 4.39 Å². The van der Waals surface area contributed by atoms with Crippen molar-refractivity contribution in [2.24, 2.45) is 17.8 Å². The standard InChI is InChI=1S/C20H23FN2O/c21-17-3-1-16(2-4-17)19-8-18(23-24-19)12-22-20-9-13-5-14(10-20)7-15(6-13)11-20/h1-4,8,13-15,22H,5-7,9-12H2. The van der Waals surface area contributed by atoms with Gasteiger partial charge in [-0.25, -0.2) is 4.39 Å². The van der Waals surface area contributed by atoms with Gasteiger partial charge >= 0.3 is 0 Å². The monoisotopic (exact) mass is 326 g/mol. The molecule has 4 aliphatic rings. The van der Waals surface area contributed by atoms with Crippen LogP contribution in [0.25, 0.3) is 11.3 Å². The second-order valence-electron chi connectivity index (χ2n) is 8.24. The minimum Gasteiger partial charge on any atom is -0.356 e. The van der Waals surface area contributed by atoms with Gasteiger partial charge < -0.3 is 9.84 Å². The van der Waals surface area contributed by atoms with E-state index in [1.807, 2.05) is 6.07 Å². The Morgan fingerprint density at radius 3 is 2.29 bits per heavy atom. The van der Waals surface area contributed by atoms with Crippen LogP contribution in [0.2, 0.25) is 0 Å². The van der Waals surface area contributed by atoms with Crippen LogP contribution in [0.5, 0.6) is 0 Å². The van der Waals surface area contributed by atoms with E-state index in [1.54, 1.807) is 12.1 Å². The normalized spacial score (nSPS) is 34.0. The zero-order chi connectivity index (χ0) is 16.1. The van der Waals surface area contributed by atoms with Crippen LogP contribution in [-0.4, -0.2) is 10.7 Å². The highest BCUT2D eigenvalue weighted by atomic mass is 19.1. The molecular formula is C20H23FN2O. The molecule has 4 aliphatic carbocycles. The van der Waals surface area contributed by atoms with Crippen LogP contribution in [0.3, 0.4) is 0 Å². The van der Waals surface area contributed by atoms with E-state index < -0.39 is 0 Å². The number of rotatable bonds is 4. The molecule has 0 radical (unpaired) electrons. The van der Waals surface area contributed by atoms with Crippen molar-refractivity contribution in [3.05, 3.63) is 41.8 Å². The first kappa shape index (κ1) is 14.6. The van der Waals surface area contributed by atoms with Gasteiger partial charge in [0, 0.05) is 23.7 Å². The molecule has 0 aliphatic heterocycles. The number of benzene rings is 1. The average molecular weight is 326 g/mol. The summed E-state index contributed by atoms with van der Waals surface area (Å²) in [6, 6.07) is 8.33. The van der Waals surface area contributed by atoms with Crippen LogP contribution in [0, 0.1) is 23.6 Å². The Bertz CT molecular complexity index is 701. The second kappa shape index (κ2) is 5.41. The summed E-state index contributed by atoms with van der Waals surface area (Å²) in [6.07, 6.45) is 8.38. The molecule has 1 aromatic carbocycles. The molecule has 126 valence electrons. The van der Waals surface area contributed by atoms with Crippen LogP contribution in [0.1, 0.15) is 44.2 Å². The molecule has 1 aromatic heterocycles. The fourth-order valence-corrected chi connectivity index (χ4v) is 5.75. The zero-order valence-corrected chi connectivity index (χ0v) is 13.8. The SMILES string of the molecule is Fc1ccc(-c2cc(CNC34CC5CC(CC(C5)C3)C4)no2)cc1. The van der Waals surface area contributed by atoms with Gasteiger partial charge in [-0.15, -0.1) is 0 Å². The van der Waals surface area contributed by atoms with Crippen molar-refractivity contribution in [3.8, 4) is 11.3 Å². The molecular weight excluding hydrogens is 303 g/mol. The molecule has 1 N–H and O–H groups in total. The Morgan fingerprint density at radius 2 is 1.67 bits per heavy atom. The highest BCUT2D eigenvalue weighted by molar-refractivity contribution is 5.57. The quantitative estimate of drug-likeness (QED) is 0.896. The lowest BCUT2D eigenvalue weighted by atomic mass is 9.53. The van der Waals surface area contributed by atoms with Crippen molar-refractivity contribution < 1.29 is 8.91 Å². The predicted octanol–water partition coefficient (Wildman–Crippen LogP) is 4.54. The van der Waals surface area contributed by atoms with Crippen LogP contribution in [-0.2, 0) is 6.54 Å². The molecule has 4 saturated carbocycles. The third kappa shape index (κ3) is 2.57. The van der Waals surface area contributed by atoms with E-state index in [2.05, 4.69) is 10.5 Å². The molecule has 0 spiro atoms. The predicted molar refractivity (Wildman–Crippen MR) is 89.6 cm³/mol. The summed E-state index contributed by atoms with van der Waals surface area (Å²) in [6.45, 7) is 0.761. The number of aromatic nitrogens is 1. The molecule has 24 heavy (non-hydrogen) atoms. The number of hydrogen-bond donors (Lipinski definition) is 1. The van der Waals surface area contributed by atoms with E-state index in [1.165, 1.54) is 50.7 Å². The van der Waals surface area contributed by atoms with E-state index in [9.17, 15) is 4.39 Å². The lowest BCUT2D eigenvalue weighted by Crippen LogP contribution is -2.58. The van der Waals surface area contributed by atoms with E-state index >= 15 is 0 Å². The molecule has 4 fully saturated rings. The van der Waals surface area contributed by atoms with Crippen molar-refractivity contribution >= 4 is 0 Å². The van der Waals surface area contributed by atoms with Crippen LogP contribution in [0.15, 0.2) is 34.9 Å². The van der Waals surface area contributed by atoms with E-state index in [4.69, 9.17) is 4.52 Å². The summed E-state index contributed by atoms with van der Waals surface area (Å²) in [4.78, 5) is 0. The maximum Gasteiger partial charge on any atom is 0.167 e. The third-order valence-electron chi connectivity index (χ3n) is 6.37. The lowest BCUT2D eigenvalue weighted by molar-refractivity contribution is -0.0208. The summed E-state index contributed by atoms with van der Waals surface area (Å²) >= 11 is 0. The maximum atomic E-state index is 13.0. The van der Waals surface area contributed by atoms with Crippen LogP contribution >= 0.6 is 0 Å². The molecule has 2 aromatic rings. The summed E-state index contributed by atoms with van der Waals surface area (Å²) in [5.41, 5.74) is 2.14. The van der Waals surface area contributed by atoms with Crippen molar-refractivity contribution in [1.82, 2.24) is 10.5 Å². The molecule has 1 heterocycles. The van der Waals surface area contributed by atoms with Gasteiger partial charge in [-0.1, -0.05) is 5.16 Å². The van der Waals surface area contributed by atoms with Crippen molar-refractivity contribution in [2.45, 2.75) is 50.6 Å². The fraction of sp³-hybridized carbons (Fsp3) is 0.550. The zero-order valence-electron chi connectivity index (χ0n) is 13.8. The maximum absolute atomic E-state index is 13.0. The highest BCUT2D eigenvalue weighted by Gasteiger charge is 2.50. The Kier molecular flexibility index (Phi) is 3.30. The molecule has 0 saturated heterocycles. The molecule has 0 unspecified atom stereocenters. The molecule has 3 nitrogen and oxygen atoms in total. The van der Waals surface area contributed by atoms with Crippen molar-refractivity contribution in [3.63, 3.8) is 0 Å². The Hall–Kier alpha value is -1.68. The third-order valence-corrected chi connectivity index (χ3v) is 6.37. The largest absolute Gasteiger partial charge is 0.356 e. The Labute approximate surface area is 141 Å². The van der Waals surface area contributed by atoms with Gasteiger partial charge in [0.05, 0.1) is 5.69 Å². The lowest BCUT2D eigenvalue weighted by Gasteiger charge is -2.57. The second-order valence-corrected chi connectivity index (χ2v) is 8.24. The average Bonchev–Trinajstić information content (AvgIpc) is 3.01. The molecule has 0 amide bonds. The topological polar surface area (TPSA) is 38.1 Å². The first-order valence-corrected chi connectivity index (χ1v) is 9.14. The number of hydrogen-bond acceptors (Lipinski definition) is 3. The van der Waals surface area contributed by atoms with Gasteiger partial charge in [0.25, 0.3) is 0 Å². The van der Waals surface area contributed by atoms with Crippen molar-refractivity contribution in [1.29, 1.82) is 0 Å². The number of nitrogens with zero attached hydrogens (tertiary/aromatic N) is 1. The highest BCUT2D eigenvalue weighted by Crippen LogP contribution is 2.55. The number of nitrogens with one attached hydrogen (secondary N) is 1. The summed E-state index contributed by atoms with van der Waals surface area (Å²) in [5.74, 6) is 3.29. The van der Waals surface area contributed by atoms with E-state index in [0.29, 0.717) is 11.3 Å². The van der Waals surface area contributed by atoms with Gasteiger partial charge in [0.2, 0.25) is 0 Å². The minimum atomic E-state index is -0.234. The van der Waals surface area contributed by atoms with Gasteiger partial charge in [0.15, 0.2) is 5.76 Å². The van der Waals surface area contributed by atoms with E-state index in [0.717, 1.165) is 35.6 Å². The van der Waals surface area contributed by atoms with Gasteiger partial charge in [-0.2, -0.15) is 0 Å².